The zero-order valence-electron chi connectivity index (χ0n) is 9.17. The number of aryl methyl sites for hydroxylation is 1. The van der Waals surface area contributed by atoms with Gasteiger partial charge in [0.2, 0.25) is 0 Å². The van der Waals surface area contributed by atoms with Crippen LogP contribution >= 0.6 is 27.3 Å². The van der Waals surface area contributed by atoms with Crippen molar-refractivity contribution < 1.29 is 9.18 Å². The molecule has 0 aliphatic carbocycles. The first-order valence-electron chi connectivity index (χ1n) is 5.10. The molecule has 0 amide bonds. The average Bonchev–Trinajstić information content (AvgIpc) is 2.70. The fraction of sp³-hybridized carbons (Fsp3) is 0.154. The van der Waals surface area contributed by atoms with Gasteiger partial charge in [-0.2, -0.15) is 0 Å². The van der Waals surface area contributed by atoms with Crippen molar-refractivity contribution >= 4 is 33.0 Å². The van der Waals surface area contributed by atoms with E-state index in [0.29, 0.717) is 5.56 Å². The molecule has 0 N–H and O–H groups in total. The second-order valence-electron chi connectivity index (χ2n) is 3.75. The molecule has 1 aromatic heterocycles. The van der Waals surface area contributed by atoms with Gasteiger partial charge in [0.05, 0.1) is 4.88 Å². The molecule has 0 radical (unpaired) electrons. The van der Waals surface area contributed by atoms with Crippen molar-refractivity contribution in [2.24, 2.45) is 0 Å². The molecule has 1 aromatic carbocycles. The van der Waals surface area contributed by atoms with Crippen LogP contribution in [0.2, 0.25) is 0 Å². The molecule has 2 aromatic rings. The molecular formula is C13H10BrFOS. The molecule has 2 rings (SSSR count). The summed E-state index contributed by atoms with van der Waals surface area (Å²) < 4.78 is 13.8. The fourth-order valence-corrected chi connectivity index (χ4v) is 2.72. The molecule has 0 fully saturated rings. The van der Waals surface area contributed by atoms with Gasteiger partial charge in [-0.05, 0) is 42.8 Å². The third-order valence-electron chi connectivity index (χ3n) is 2.37. The Bertz CT molecular complexity index is 562. The van der Waals surface area contributed by atoms with E-state index in [1.807, 2.05) is 19.1 Å². The van der Waals surface area contributed by atoms with E-state index in [1.165, 1.54) is 23.5 Å². The van der Waals surface area contributed by atoms with Gasteiger partial charge in [-0.1, -0.05) is 15.9 Å². The van der Waals surface area contributed by atoms with Gasteiger partial charge in [-0.3, -0.25) is 4.79 Å². The summed E-state index contributed by atoms with van der Waals surface area (Å²) in [5.41, 5.74) is 0.682. The van der Waals surface area contributed by atoms with Crippen molar-refractivity contribution in [2.45, 2.75) is 13.3 Å². The lowest BCUT2D eigenvalue weighted by molar-refractivity contribution is 0.0996. The topological polar surface area (TPSA) is 17.1 Å². The van der Waals surface area contributed by atoms with Crippen LogP contribution in [-0.4, -0.2) is 5.78 Å². The number of carbonyl (C=O) groups excluding carboxylic acids is 1. The van der Waals surface area contributed by atoms with E-state index in [1.54, 1.807) is 6.07 Å². The highest BCUT2D eigenvalue weighted by Gasteiger charge is 2.11. The predicted molar refractivity (Wildman–Crippen MR) is 71.2 cm³/mol. The Labute approximate surface area is 111 Å². The molecule has 0 saturated heterocycles. The maximum absolute atomic E-state index is 13.1. The number of rotatable bonds is 3. The van der Waals surface area contributed by atoms with E-state index in [4.69, 9.17) is 0 Å². The lowest BCUT2D eigenvalue weighted by atomic mass is 10.1. The van der Waals surface area contributed by atoms with E-state index in [-0.39, 0.29) is 18.0 Å². The third-order valence-corrected chi connectivity index (χ3v) is 4.19. The fourth-order valence-electron chi connectivity index (χ4n) is 1.52. The van der Waals surface area contributed by atoms with Gasteiger partial charge >= 0.3 is 0 Å². The SMILES string of the molecule is Cc1ccc(C(=O)Cc2cc(F)ccc2Br)s1. The number of hydrogen-bond acceptors (Lipinski definition) is 2. The summed E-state index contributed by atoms with van der Waals surface area (Å²) in [6.07, 6.45) is 0.221. The molecule has 1 nitrogen and oxygen atoms in total. The van der Waals surface area contributed by atoms with Crippen molar-refractivity contribution in [1.29, 1.82) is 0 Å². The number of carbonyl (C=O) groups is 1. The molecule has 0 bridgehead atoms. The Morgan fingerprint density at radius 1 is 1.35 bits per heavy atom. The van der Waals surface area contributed by atoms with Crippen LogP contribution in [0.1, 0.15) is 20.1 Å². The average molecular weight is 313 g/mol. The molecular weight excluding hydrogens is 303 g/mol. The van der Waals surface area contributed by atoms with Crippen molar-refractivity contribution in [1.82, 2.24) is 0 Å². The first kappa shape index (κ1) is 12.5. The van der Waals surface area contributed by atoms with Crippen LogP contribution < -0.4 is 0 Å². The summed E-state index contributed by atoms with van der Waals surface area (Å²) in [5.74, 6) is -0.298. The van der Waals surface area contributed by atoms with Crippen LogP contribution in [0.4, 0.5) is 4.39 Å². The van der Waals surface area contributed by atoms with Gasteiger partial charge in [-0.25, -0.2) is 4.39 Å². The maximum atomic E-state index is 13.1. The highest BCUT2D eigenvalue weighted by molar-refractivity contribution is 9.10. The summed E-state index contributed by atoms with van der Waals surface area (Å²) >= 11 is 4.79. The number of halogens is 2. The summed E-state index contributed by atoms with van der Waals surface area (Å²) in [6, 6.07) is 8.11. The molecule has 0 spiro atoms. The Balaban J connectivity index is 2.21. The lowest BCUT2D eigenvalue weighted by Gasteiger charge is -2.02. The van der Waals surface area contributed by atoms with Crippen LogP contribution in [0.3, 0.4) is 0 Å². The van der Waals surface area contributed by atoms with E-state index in [2.05, 4.69) is 15.9 Å². The number of benzene rings is 1. The smallest absolute Gasteiger partial charge is 0.177 e. The summed E-state index contributed by atoms with van der Waals surface area (Å²) in [6.45, 7) is 1.96. The minimum Gasteiger partial charge on any atom is -0.293 e. The van der Waals surface area contributed by atoms with E-state index in [0.717, 1.165) is 14.2 Å². The molecule has 0 unspecified atom stereocenters. The molecule has 0 saturated carbocycles. The van der Waals surface area contributed by atoms with E-state index < -0.39 is 0 Å². The van der Waals surface area contributed by atoms with Crippen molar-refractivity contribution in [3.8, 4) is 0 Å². The highest BCUT2D eigenvalue weighted by Crippen LogP contribution is 2.22. The Hall–Kier alpha value is -1.00. The van der Waals surface area contributed by atoms with E-state index in [9.17, 15) is 9.18 Å². The predicted octanol–water partition coefficient (Wildman–Crippen LogP) is 4.38. The van der Waals surface area contributed by atoms with Crippen LogP contribution in [0, 0.1) is 12.7 Å². The van der Waals surface area contributed by atoms with Crippen LogP contribution in [0.15, 0.2) is 34.8 Å². The molecule has 4 heteroatoms. The third kappa shape index (κ3) is 3.01. The minimum absolute atomic E-state index is 0.0226. The van der Waals surface area contributed by atoms with Crippen molar-refractivity contribution in [2.75, 3.05) is 0 Å². The number of hydrogen-bond donors (Lipinski definition) is 0. The molecule has 1 heterocycles. The maximum Gasteiger partial charge on any atom is 0.177 e. The molecule has 0 atom stereocenters. The van der Waals surface area contributed by atoms with E-state index >= 15 is 0 Å². The van der Waals surface area contributed by atoms with Gasteiger partial charge in [0.15, 0.2) is 5.78 Å². The number of thiophene rings is 1. The largest absolute Gasteiger partial charge is 0.293 e. The first-order chi connectivity index (χ1) is 8.06. The minimum atomic E-state index is -0.321. The Morgan fingerprint density at radius 3 is 2.76 bits per heavy atom. The first-order valence-corrected chi connectivity index (χ1v) is 6.71. The van der Waals surface area contributed by atoms with Crippen molar-refractivity contribution in [3.63, 3.8) is 0 Å². The molecule has 0 aliphatic rings. The monoisotopic (exact) mass is 312 g/mol. The van der Waals surface area contributed by atoms with Gasteiger partial charge in [-0.15, -0.1) is 11.3 Å². The van der Waals surface area contributed by atoms with Gasteiger partial charge in [0, 0.05) is 15.8 Å². The molecule has 88 valence electrons. The molecule has 17 heavy (non-hydrogen) atoms. The quantitative estimate of drug-likeness (QED) is 0.768. The lowest BCUT2D eigenvalue weighted by Crippen LogP contribution is -2.02. The summed E-state index contributed by atoms with van der Waals surface area (Å²) in [5, 5.41) is 0. The van der Waals surface area contributed by atoms with Crippen molar-refractivity contribution in [3.05, 3.63) is 55.9 Å². The zero-order chi connectivity index (χ0) is 12.4. The standard InChI is InChI=1S/C13H10BrFOS/c1-8-2-5-13(17-8)12(16)7-9-6-10(15)3-4-11(9)14/h2-6H,7H2,1H3. The second kappa shape index (κ2) is 5.10. The van der Waals surface area contributed by atoms with Crippen LogP contribution in [0.5, 0.6) is 0 Å². The summed E-state index contributed by atoms with van der Waals surface area (Å²) in [4.78, 5) is 13.8. The summed E-state index contributed by atoms with van der Waals surface area (Å²) in [7, 11) is 0. The number of ketones is 1. The van der Waals surface area contributed by atoms with Gasteiger partial charge in [0.25, 0.3) is 0 Å². The van der Waals surface area contributed by atoms with Gasteiger partial charge in [0.1, 0.15) is 5.82 Å². The van der Waals surface area contributed by atoms with Gasteiger partial charge < -0.3 is 0 Å². The van der Waals surface area contributed by atoms with Crippen LogP contribution in [-0.2, 0) is 6.42 Å². The zero-order valence-corrected chi connectivity index (χ0v) is 11.6. The Morgan fingerprint density at radius 2 is 2.12 bits per heavy atom. The second-order valence-corrected chi connectivity index (χ2v) is 5.89. The normalized spacial score (nSPS) is 10.5. The van der Waals surface area contributed by atoms with Crippen LogP contribution in [0.25, 0.3) is 0 Å². The molecule has 0 aliphatic heterocycles. The Kier molecular flexibility index (Phi) is 3.74. The number of Topliss-reactive ketones (excluding diaryl/α,β-unsaturated/α-hetero) is 1. The highest BCUT2D eigenvalue weighted by atomic mass is 79.9.